The van der Waals surface area contributed by atoms with Gasteiger partial charge in [-0.1, -0.05) is 6.92 Å². The zero-order valence-corrected chi connectivity index (χ0v) is 11.5. The molecule has 0 aromatic carbocycles. The zero-order valence-electron chi connectivity index (χ0n) is 10.7. The number of rotatable bonds is 6. The highest BCUT2D eigenvalue weighted by Crippen LogP contribution is 2.22. The van der Waals surface area contributed by atoms with Crippen LogP contribution in [0.4, 0.5) is 0 Å². The van der Waals surface area contributed by atoms with Crippen LogP contribution in [0, 0.1) is 6.92 Å². The number of carbonyl (C=O) groups is 3. The van der Waals surface area contributed by atoms with Crippen molar-refractivity contribution in [2.45, 2.75) is 32.7 Å². The predicted molar refractivity (Wildman–Crippen MR) is 71.1 cm³/mol. The molecule has 104 valence electrons. The Morgan fingerprint density at radius 1 is 1.47 bits per heavy atom. The second kappa shape index (κ2) is 6.33. The molecule has 0 fully saturated rings. The molecule has 0 spiro atoms. The average molecular weight is 284 g/mol. The summed E-state index contributed by atoms with van der Waals surface area (Å²) >= 11 is 1.32. The summed E-state index contributed by atoms with van der Waals surface area (Å²) in [6, 6.07) is 0.416. The molecule has 2 amide bonds. The van der Waals surface area contributed by atoms with E-state index in [1.807, 2.05) is 13.8 Å². The Hall–Kier alpha value is -1.89. The molecule has 0 aliphatic heterocycles. The van der Waals surface area contributed by atoms with Crippen LogP contribution in [0.5, 0.6) is 0 Å². The Morgan fingerprint density at radius 2 is 2.11 bits per heavy atom. The van der Waals surface area contributed by atoms with Gasteiger partial charge in [0.2, 0.25) is 5.91 Å². The van der Waals surface area contributed by atoms with Gasteiger partial charge in [0.05, 0.1) is 11.3 Å². The predicted octanol–water partition coefficient (Wildman–Crippen LogP) is 0.677. The van der Waals surface area contributed by atoms with Crippen molar-refractivity contribution in [2.75, 3.05) is 0 Å². The highest BCUT2D eigenvalue weighted by molar-refractivity contribution is 7.14. The van der Waals surface area contributed by atoms with E-state index in [2.05, 4.69) is 5.32 Å². The van der Waals surface area contributed by atoms with Crippen molar-refractivity contribution in [3.05, 3.63) is 21.4 Å². The van der Waals surface area contributed by atoms with E-state index in [1.165, 1.54) is 11.3 Å². The number of aliphatic carboxylic acids is 1. The third-order valence-electron chi connectivity index (χ3n) is 2.57. The zero-order chi connectivity index (χ0) is 14.6. The Bertz CT molecular complexity index is 510. The molecule has 1 atom stereocenters. The van der Waals surface area contributed by atoms with Crippen molar-refractivity contribution in [1.29, 1.82) is 0 Å². The Kier molecular flexibility index (Phi) is 5.05. The third kappa shape index (κ3) is 4.06. The number of hydrogen-bond donors (Lipinski definition) is 3. The lowest BCUT2D eigenvalue weighted by molar-refractivity contribution is -0.140. The molecule has 0 saturated heterocycles. The number of carbonyl (C=O) groups excluding carboxylic acids is 2. The van der Waals surface area contributed by atoms with Gasteiger partial charge in [0, 0.05) is 4.88 Å². The lowest BCUT2D eigenvalue weighted by Crippen LogP contribution is -2.43. The van der Waals surface area contributed by atoms with E-state index in [1.54, 1.807) is 6.07 Å². The molecule has 19 heavy (non-hydrogen) atoms. The number of amides is 2. The Balaban J connectivity index is 2.81. The quantitative estimate of drug-likeness (QED) is 0.713. The van der Waals surface area contributed by atoms with Crippen molar-refractivity contribution in [3.63, 3.8) is 0 Å². The standard InChI is InChI=1S/C12H16N2O4S/c1-3-8-6(2)4-9(19-8)11(16)14-7(12(17)18)5-10(13)15/h4,7H,3,5H2,1-2H3,(H2,13,15)(H,14,16)(H,17,18)/t7-/m1/s1. The summed E-state index contributed by atoms with van der Waals surface area (Å²) < 4.78 is 0. The Labute approximate surface area is 114 Å². The van der Waals surface area contributed by atoms with E-state index in [4.69, 9.17) is 10.8 Å². The first-order valence-electron chi connectivity index (χ1n) is 5.76. The lowest BCUT2D eigenvalue weighted by Gasteiger charge is -2.11. The fourth-order valence-electron chi connectivity index (χ4n) is 1.61. The van der Waals surface area contributed by atoms with E-state index in [9.17, 15) is 14.4 Å². The van der Waals surface area contributed by atoms with Crippen LogP contribution < -0.4 is 11.1 Å². The number of carboxylic acids is 1. The monoisotopic (exact) mass is 284 g/mol. The van der Waals surface area contributed by atoms with Gasteiger partial charge in [-0.05, 0) is 25.0 Å². The van der Waals surface area contributed by atoms with Gasteiger partial charge in [0.25, 0.3) is 5.91 Å². The molecular weight excluding hydrogens is 268 g/mol. The number of nitrogens with two attached hydrogens (primary N) is 1. The van der Waals surface area contributed by atoms with E-state index in [0.29, 0.717) is 4.88 Å². The molecule has 4 N–H and O–H groups in total. The van der Waals surface area contributed by atoms with Crippen LogP contribution >= 0.6 is 11.3 Å². The molecule has 0 aliphatic rings. The molecule has 6 nitrogen and oxygen atoms in total. The summed E-state index contributed by atoms with van der Waals surface area (Å²) in [5.74, 6) is -2.55. The fraction of sp³-hybridized carbons (Fsp3) is 0.417. The van der Waals surface area contributed by atoms with Crippen LogP contribution in [0.2, 0.25) is 0 Å². The van der Waals surface area contributed by atoms with Gasteiger partial charge in [-0.2, -0.15) is 0 Å². The van der Waals surface area contributed by atoms with Gasteiger partial charge >= 0.3 is 5.97 Å². The smallest absolute Gasteiger partial charge is 0.326 e. The molecular formula is C12H16N2O4S. The van der Waals surface area contributed by atoms with Gasteiger partial charge in [0.1, 0.15) is 6.04 Å². The maximum atomic E-state index is 11.9. The lowest BCUT2D eigenvalue weighted by atomic mass is 10.2. The number of thiophene rings is 1. The molecule has 1 rings (SSSR count). The maximum Gasteiger partial charge on any atom is 0.326 e. The third-order valence-corrected chi connectivity index (χ3v) is 3.95. The van der Waals surface area contributed by atoms with Crippen LogP contribution in [-0.2, 0) is 16.0 Å². The van der Waals surface area contributed by atoms with Crippen LogP contribution in [0.15, 0.2) is 6.07 Å². The molecule has 0 saturated carbocycles. The second-order valence-corrected chi connectivity index (χ2v) is 5.24. The topological polar surface area (TPSA) is 109 Å². The van der Waals surface area contributed by atoms with Crippen LogP contribution in [-0.4, -0.2) is 28.9 Å². The minimum absolute atomic E-state index is 0.425. The van der Waals surface area contributed by atoms with Crippen molar-refractivity contribution < 1.29 is 19.5 Å². The summed E-state index contributed by atoms with van der Waals surface area (Å²) in [5, 5.41) is 11.2. The molecule has 1 heterocycles. The summed E-state index contributed by atoms with van der Waals surface area (Å²) in [5.41, 5.74) is 5.94. The van der Waals surface area contributed by atoms with Crippen molar-refractivity contribution in [1.82, 2.24) is 5.32 Å². The molecule has 0 bridgehead atoms. The van der Waals surface area contributed by atoms with Crippen molar-refractivity contribution in [2.24, 2.45) is 5.73 Å². The highest BCUT2D eigenvalue weighted by Gasteiger charge is 2.23. The second-order valence-electron chi connectivity index (χ2n) is 4.11. The van der Waals surface area contributed by atoms with Crippen molar-refractivity contribution in [3.8, 4) is 0 Å². The molecule has 0 unspecified atom stereocenters. The van der Waals surface area contributed by atoms with Crippen molar-refractivity contribution >= 4 is 29.1 Å². The van der Waals surface area contributed by atoms with Gasteiger partial charge in [-0.3, -0.25) is 9.59 Å². The minimum Gasteiger partial charge on any atom is -0.480 e. The van der Waals surface area contributed by atoms with Gasteiger partial charge in [-0.25, -0.2) is 4.79 Å². The normalized spacial score (nSPS) is 11.9. The molecule has 1 aromatic rings. The number of carboxylic acid groups (broad SMARTS) is 1. The van der Waals surface area contributed by atoms with Gasteiger partial charge in [-0.15, -0.1) is 11.3 Å². The first-order chi connectivity index (χ1) is 8.85. The summed E-state index contributed by atoms with van der Waals surface area (Å²) in [6.07, 6.45) is 0.388. The SMILES string of the molecule is CCc1sc(C(=O)N[C@H](CC(N)=O)C(=O)O)cc1C. The molecule has 0 aliphatic carbocycles. The highest BCUT2D eigenvalue weighted by atomic mass is 32.1. The first kappa shape index (κ1) is 15.2. The van der Waals surface area contributed by atoms with Gasteiger partial charge < -0.3 is 16.2 Å². The molecule has 1 aromatic heterocycles. The van der Waals surface area contributed by atoms with Gasteiger partial charge in [0.15, 0.2) is 0 Å². The first-order valence-corrected chi connectivity index (χ1v) is 6.58. The van der Waals surface area contributed by atoms with Crippen LogP contribution in [0.25, 0.3) is 0 Å². The van der Waals surface area contributed by atoms with E-state index in [-0.39, 0.29) is 0 Å². The fourth-order valence-corrected chi connectivity index (χ4v) is 2.63. The number of hydrogen-bond acceptors (Lipinski definition) is 4. The largest absolute Gasteiger partial charge is 0.480 e. The van der Waals surface area contributed by atoms with E-state index >= 15 is 0 Å². The number of aryl methyl sites for hydroxylation is 2. The number of nitrogens with one attached hydrogen (secondary N) is 1. The average Bonchev–Trinajstić information content (AvgIpc) is 2.69. The molecule has 7 heteroatoms. The van der Waals surface area contributed by atoms with Crippen LogP contribution in [0.3, 0.4) is 0 Å². The summed E-state index contributed by atoms with van der Waals surface area (Å²) in [6.45, 7) is 3.87. The van der Waals surface area contributed by atoms with E-state index in [0.717, 1.165) is 16.9 Å². The summed E-state index contributed by atoms with van der Waals surface area (Å²) in [4.78, 5) is 35.1. The Morgan fingerprint density at radius 3 is 2.53 bits per heavy atom. The van der Waals surface area contributed by atoms with Crippen LogP contribution in [0.1, 0.15) is 33.5 Å². The maximum absolute atomic E-state index is 11.9. The molecule has 0 radical (unpaired) electrons. The van der Waals surface area contributed by atoms with E-state index < -0.39 is 30.2 Å². The summed E-state index contributed by atoms with van der Waals surface area (Å²) in [7, 11) is 0. The number of primary amides is 1. The minimum atomic E-state index is -1.29.